The van der Waals surface area contributed by atoms with Crippen LogP contribution in [0, 0.1) is 0 Å². The molecule has 0 atom stereocenters. The van der Waals surface area contributed by atoms with E-state index in [1.165, 1.54) is 88.4 Å². The normalized spacial score (nSPS) is 11.0. The fraction of sp³-hybridized carbons (Fsp3) is 0.0357. The molecule has 2 aromatic heterocycles. The van der Waals surface area contributed by atoms with Gasteiger partial charge < -0.3 is 9.13 Å². The minimum atomic E-state index is 1.17. The Hall–Kier alpha value is -7.42. The van der Waals surface area contributed by atoms with Gasteiger partial charge in [0.25, 0.3) is 0 Å². The lowest BCUT2D eigenvalue weighted by atomic mass is 9.98. The largest absolute Gasteiger partial charge is 0.309 e. The maximum absolute atomic E-state index is 3.46. The number of benzene rings is 8. The van der Waals surface area contributed by atoms with E-state index in [-0.39, 0.29) is 0 Å². The van der Waals surface area contributed by atoms with Crippen LogP contribution in [0.2, 0.25) is 0 Å². The van der Waals surface area contributed by atoms with Gasteiger partial charge in [-0.3, -0.25) is 0 Å². The summed E-state index contributed by atoms with van der Waals surface area (Å²) in [7, 11) is 0. The Morgan fingerprint density at radius 3 is 1.60 bits per heavy atom. The molecule has 0 bridgehead atoms. The second kappa shape index (κ2) is 17.2. The molecular weight excluding hydrogens is 701 g/mol. The molecule has 0 fully saturated rings. The molecule has 0 aliphatic heterocycles. The highest BCUT2D eigenvalue weighted by atomic mass is 15.0. The van der Waals surface area contributed by atoms with Crippen LogP contribution < -0.4 is 0 Å². The summed E-state index contributed by atoms with van der Waals surface area (Å²) in [5.74, 6) is 0. The van der Waals surface area contributed by atoms with Crippen LogP contribution >= 0.6 is 0 Å². The molecule has 2 heteroatoms. The van der Waals surface area contributed by atoms with Gasteiger partial charge in [0.1, 0.15) is 0 Å². The van der Waals surface area contributed by atoms with E-state index in [1.54, 1.807) is 12.2 Å². The van der Waals surface area contributed by atoms with E-state index in [9.17, 15) is 0 Å². The Morgan fingerprint density at radius 1 is 0.379 bits per heavy atom. The molecule has 0 N–H and O–H groups in total. The van der Waals surface area contributed by atoms with Gasteiger partial charge in [-0.05, 0) is 96.3 Å². The fourth-order valence-corrected chi connectivity index (χ4v) is 7.96. The first kappa shape index (κ1) is 37.5. The van der Waals surface area contributed by atoms with E-state index in [1.807, 2.05) is 26.0 Å². The third-order valence-corrected chi connectivity index (χ3v) is 10.4. The summed E-state index contributed by atoms with van der Waals surface area (Å²) in [6.45, 7) is 10.7. The average molecular weight is 747 g/mol. The Kier molecular flexibility index (Phi) is 11.1. The van der Waals surface area contributed by atoms with Gasteiger partial charge in [0.05, 0.1) is 27.8 Å². The zero-order chi connectivity index (χ0) is 39.8. The van der Waals surface area contributed by atoms with Crippen molar-refractivity contribution in [3.05, 3.63) is 232 Å². The number of fused-ring (bicyclic) bond motifs is 6. The van der Waals surface area contributed by atoms with Crippen molar-refractivity contribution >= 4 is 43.6 Å². The predicted octanol–water partition coefficient (Wildman–Crippen LogP) is 15.8. The lowest BCUT2D eigenvalue weighted by molar-refractivity contribution is 1.18. The van der Waals surface area contributed by atoms with Crippen LogP contribution in [0.1, 0.15) is 13.8 Å². The SMILES string of the molecule is C=C/C=C\C.C=CC.c1ccc(-c2cccc(-c3ccccc3-n3c4ccccc4c4cc(-c5ccc6c7ccccc7n(-c7ccccc7)c6c5)ccc43)c2)cc1. The molecule has 0 radical (unpaired) electrons. The summed E-state index contributed by atoms with van der Waals surface area (Å²) in [5, 5.41) is 5.02. The fourth-order valence-electron chi connectivity index (χ4n) is 7.96. The van der Waals surface area contributed by atoms with Crippen LogP contribution in [-0.2, 0) is 0 Å². The smallest absolute Gasteiger partial charge is 0.0547 e. The summed E-state index contributed by atoms with van der Waals surface area (Å²) in [6, 6.07) is 70.4. The number of allylic oxidation sites excluding steroid dienone is 4. The summed E-state index contributed by atoms with van der Waals surface area (Å²) < 4.78 is 4.83. The Labute approximate surface area is 341 Å². The van der Waals surface area contributed by atoms with Gasteiger partial charge in [0.15, 0.2) is 0 Å². The molecule has 0 aliphatic carbocycles. The Balaban J connectivity index is 0.000000541. The molecule has 58 heavy (non-hydrogen) atoms. The Morgan fingerprint density at radius 2 is 0.897 bits per heavy atom. The molecule has 280 valence electrons. The molecule has 10 aromatic rings. The average Bonchev–Trinajstić information content (AvgIpc) is 3.80. The van der Waals surface area contributed by atoms with Gasteiger partial charge in [-0.25, -0.2) is 0 Å². The first-order valence-electron chi connectivity index (χ1n) is 19.8. The highest BCUT2D eigenvalue weighted by molar-refractivity contribution is 6.12. The number of aromatic nitrogens is 2. The second-order valence-electron chi connectivity index (χ2n) is 14.1. The third-order valence-electron chi connectivity index (χ3n) is 10.4. The molecule has 0 amide bonds. The summed E-state index contributed by atoms with van der Waals surface area (Å²) in [6.07, 6.45) is 7.33. The van der Waals surface area contributed by atoms with Crippen molar-refractivity contribution < 1.29 is 0 Å². The van der Waals surface area contributed by atoms with Gasteiger partial charge in [-0.15, -0.1) is 6.58 Å². The second-order valence-corrected chi connectivity index (χ2v) is 14.1. The number of rotatable bonds is 6. The molecule has 10 rings (SSSR count). The first-order valence-corrected chi connectivity index (χ1v) is 19.8. The molecule has 0 saturated heterocycles. The van der Waals surface area contributed by atoms with Crippen LogP contribution in [0.25, 0.3) is 88.4 Å². The standard InChI is InChI=1S/C48H32N2.C5H8.C3H6/c1-3-14-33(15-4-1)34-16-13-17-37(30-34)39-20-7-10-23-44(39)50-46-25-12-9-22-41(46)43-31-35(27-29-47(43)50)36-26-28-42-40-21-8-11-24-45(40)49(48(42)32-36)38-18-5-2-6-19-38;1-3-5-4-2;1-3-2/h1-32H;3-5H,1H2,2H3;3H,1H2,2H3/b;5-4-;. The minimum Gasteiger partial charge on any atom is -0.309 e. The van der Waals surface area contributed by atoms with E-state index in [4.69, 9.17) is 0 Å². The van der Waals surface area contributed by atoms with E-state index in [0.29, 0.717) is 0 Å². The summed E-state index contributed by atoms with van der Waals surface area (Å²) in [5.41, 5.74) is 14.4. The third kappa shape index (κ3) is 7.20. The molecule has 2 heterocycles. The van der Waals surface area contributed by atoms with E-state index < -0.39 is 0 Å². The molecule has 2 nitrogen and oxygen atoms in total. The zero-order valence-corrected chi connectivity index (χ0v) is 33.1. The Bertz CT molecular complexity index is 3050. The molecular formula is C56H46N2. The van der Waals surface area contributed by atoms with Gasteiger partial charge in [-0.1, -0.05) is 170 Å². The van der Waals surface area contributed by atoms with Gasteiger partial charge in [0, 0.05) is 32.8 Å². The lowest BCUT2D eigenvalue weighted by Gasteiger charge is -2.15. The maximum Gasteiger partial charge on any atom is 0.0547 e. The highest BCUT2D eigenvalue weighted by Gasteiger charge is 2.18. The molecule has 0 unspecified atom stereocenters. The van der Waals surface area contributed by atoms with Crippen molar-refractivity contribution in [3.63, 3.8) is 0 Å². The topological polar surface area (TPSA) is 9.86 Å². The van der Waals surface area contributed by atoms with Crippen LogP contribution in [0.3, 0.4) is 0 Å². The van der Waals surface area contributed by atoms with Crippen LogP contribution in [0.5, 0.6) is 0 Å². The predicted molar refractivity (Wildman–Crippen MR) is 252 cm³/mol. The molecule has 0 aliphatic rings. The van der Waals surface area contributed by atoms with E-state index in [2.05, 4.69) is 216 Å². The highest BCUT2D eigenvalue weighted by Crippen LogP contribution is 2.40. The van der Waals surface area contributed by atoms with Crippen molar-refractivity contribution in [2.45, 2.75) is 13.8 Å². The maximum atomic E-state index is 3.46. The van der Waals surface area contributed by atoms with E-state index >= 15 is 0 Å². The van der Waals surface area contributed by atoms with Crippen molar-refractivity contribution in [3.8, 4) is 44.8 Å². The molecule has 8 aromatic carbocycles. The number of hydrogen-bond acceptors (Lipinski definition) is 0. The lowest BCUT2D eigenvalue weighted by Crippen LogP contribution is -1.97. The number of nitrogens with zero attached hydrogens (tertiary/aromatic N) is 2. The van der Waals surface area contributed by atoms with E-state index in [0.717, 1.165) is 0 Å². The van der Waals surface area contributed by atoms with Crippen LogP contribution in [0.4, 0.5) is 0 Å². The van der Waals surface area contributed by atoms with Crippen molar-refractivity contribution in [2.75, 3.05) is 0 Å². The summed E-state index contributed by atoms with van der Waals surface area (Å²) >= 11 is 0. The molecule has 0 saturated carbocycles. The zero-order valence-electron chi connectivity index (χ0n) is 33.1. The number of para-hydroxylation sites is 4. The van der Waals surface area contributed by atoms with Gasteiger partial charge >= 0.3 is 0 Å². The van der Waals surface area contributed by atoms with Crippen LogP contribution in [0.15, 0.2) is 232 Å². The number of hydrogen-bond donors (Lipinski definition) is 0. The van der Waals surface area contributed by atoms with Crippen molar-refractivity contribution in [2.24, 2.45) is 0 Å². The monoisotopic (exact) mass is 746 g/mol. The summed E-state index contributed by atoms with van der Waals surface area (Å²) in [4.78, 5) is 0. The van der Waals surface area contributed by atoms with Crippen molar-refractivity contribution in [1.29, 1.82) is 0 Å². The molecule has 0 spiro atoms. The minimum absolute atomic E-state index is 1.17. The van der Waals surface area contributed by atoms with Gasteiger partial charge in [-0.2, -0.15) is 0 Å². The van der Waals surface area contributed by atoms with Crippen molar-refractivity contribution in [1.82, 2.24) is 9.13 Å². The van der Waals surface area contributed by atoms with Gasteiger partial charge in [0.2, 0.25) is 0 Å². The quantitative estimate of drug-likeness (QED) is 0.118. The van der Waals surface area contributed by atoms with Crippen LogP contribution in [-0.4, -0.2) is 9.13 Å². The first-order chi connectivity index (χ1) is 28.6.